The predicted molar refractivity (Wildman–Crippen MR) is 83.1 cm³/mol. The fourth-order valence-corrected chi connectivity index (χ4v) is 2.86. The standard InChI is InChI=1S/C15H12ClN3S/c1-10-15(19-13-5-3-2-4-12(13)18-10)20-9-11-6-7-14(16)17-8-11/h2-8H,9H2,1H3. The molecule has 100 valence electrons. The molecule has 5 heteroatoms. The van der Waals surface area contributed by atoms with Gasteiger partial charge in [-0.1, -0.05) is 41.6 Å². The molecular weight excluding hydrogens is 290 g/mol. The van der Waals surface area contributed by atoms with Gasteiger partial charge in [-0.05, 0) is 30.7 Å². The molecule has 0 N–H and O–H groups in total. The molecule has 0 saturated carbocycles. The zero-order valence-electron chi connectivity index (χ0n) is 10.9. The molecule has 0 fully saturated rings. The molecule has 0 amide bonds. The molecule has 3 aromatic rings. The van der Waals surface area contributed by atoms with Crippen LogP contribution in [0.15, 0.2) is 47.6 Å². The summed E-state index contributed by atoms with van der Waals surface area (Å²) in [5.74, 6) is 0.804. The third-order valence-electron chi connectivity index (χ3n) is 2.87. The summed E-state index contributed by atoms with van der Waals surface area (Å²) in [5, 5.41) is 1.47. The Kier molecular flexibility index (Phi) is 3.85. The van der Waals surface area contributed by atoms with Crippen molar-refractivity contribution in [2.75, 3.05) is 0 Å². The first-order valence-corrected chi connectivity index (χ1v) is 7.55. The van der Waals surface area contributed by atoms with E-state index in [9.17, 15) is 0 Å². The smallest absolute Gasteiger partial charge is 0.129 e. The number of hydrogen-bond donors (Lipinski definition) is 0. The maximum absolute atomic E-state index is 5.78. The zero-order chi connectivity index (χ0) is 13.9. The van der Waals surface area contributed by atoms with Crippen LogP contribution in [0.25, 0.3) is 11.0 Å². The van der Waals surface area contributed by atoms with Gasteiger partial charge in [0.15, 0.2) is 0 Å². The fraction of sp³-hybridized carbons (Fsp3) is 0.133. The molecule has 0 unspecified atom stereocenters. The van der Waals surface area contributed by atoms with Gasteiger partial charge in [0.1, 0.15) is 10.2 Å². The van der Waals surface area contributed by atoms with Crippen molar-refractivity contribution in [1.82, 2.24) is 15.0 Å². The molecule has 3 rings (SSSR count). The summed E-state index contributed by atoms with van der Waals surface area (Å²) in [6.07, 6.45) is 1.79. The average Bonchev–Trinajstić information content (AvgIpc) is 2.47. The van der Waals surface area contributed by atoms with Crippen LogP contribution in [-0.4, -0.2) is 15.0 Å². The van der Waals surface area contributed by atoms with Crippen LogP contribution in [0.4, 0.5) is 0 Å². The van der Waals surface area contributed by atoms with E-state index in [2.05, 4.69) is 15.0 Å². The molecular formula is C15H12ClN3S. The van der Waals surface area contributed by atoms with E-state index in [1.54, 1.807) is 24.0 Å². The van der Waals surface area contributed by atoms with Gasteiger partial charge in [0, 0.05) is 11.9 Å². The third kappa shape index (κ3) is 2.92. The van der Waals surface area contributed by atoms with Crippen molar-refractivity contribution in [1.29, 1.82) is 0 Å². The molecule has 0 radical (unpaired) electrons. The second-order valence-electron chi connectivity index (χ2n) is 4.38. The fourth-order valence-electron chi connectivity index (χ4n) is 1.85. The highest BCUT2D eigenvalue weighted by Gasteiger charge is 2.06. The second-order valence-corrected chi connectivity index (χ2v) is 5.73. The van der Waals surface area contributed by atoms with Gasteiger partial charge in [-0.3, -0.25) is 0 Å². The van der Waals surface area contributed by atoms with Crippen molar-refractivity contribution >= 4 is 34.4 Å². The number of thioether (sulfide) groups is 1. The summed E-state index contributed by atoms with van der Waals surface area (Å²) in [6.45, 7) is 1.99. The van der Waals surface area contributed by atoms with E-state index >= 15 is 0 Å². The van der Waals surface area contributed by atoms with Gasteiger partial charge in [-0.25, -0.2) is 15.0 Å². The number of fused-ring (bicyclic) bond motifs is 1. The van der Waals surface area contributed by atoms with Crippen LogP contribution in [0.5, 0.6) is 0 Å². The van der Waals surface area contributed by atoms with Gasteiger partial charge >= 0.3 is 0 Å². The summed E-state index contributed by atoms with van der Waals surface area (Å²) in [5.41, 5.74) is 3.93. The Morgan fingerprint density at radius 3 is 2.50 bits per heavy atom. The number of aryl methyl sites for hydroxylation is 1. The van der Waals surface area contributed by atoms with Gasteiger partial charge in [-0.15, -0.1) is 0 Å². The molecule has 0 bridgehead atoms. The Balaban J connectivity index is 1.83. The first-order valence-electron chi connectivity index (χ1n) is 6.19. The lowest BCUT2D eigenvalue weighted by molar-refractivity contribution is 1.04. The molecule has 2 aromatic heterocycles. The monoisotopic (exact) mass is 301 g/mol. The lowest BCUT2D eigenvalue weighted by Crippen LogP contribution is -1.93. The minimum atomic E-state index is 0.514. The summed E-state index contributed by atoms with van der Waals surface area (Å²) in [6, 6.07) is 11.7. The summed E-state index contributed by atoms with van der Waals surface area (Å²) in [7, 11) is 0. The Morgan fingerprint density at radius 2 is 1.80 bits per heavy atom. The van der Waals surface area contributed by atoms with Crippen LogP contribution >= 0.6 is 23.4 Å². The highest BCUT2D eigenvalue weighted by molar-refractivity contribution is 7.98. The third-order valence-corrected chi connectivity index (χ3v) is 4.23. The van der Waals surface area contributed by atoms with E-state index in [0.29, 0.717) is 5.15 Å². The van der Waals surface area contributed by atoms with Crippen molar-refractivity contribution in [3.8, 4) is 0 Å². The largest absolute Gasteiger partial charge is 0.249 e. The number of aromatic nitrogens is 3. The molecule has 3 nitrogen and oxygen atoms in total. The van der Waals surface area contributed by atoms with E-state index < -0.39 is 0 Å². The highest BCUT2D eigenvalue weighted by Crippen LogP contribution is 2.25. The maximum Gasteiger partial charge on any atom is 0.129 e. The van der Waals surface area contributed by atoms with E-state index in [-0.39, 0.29) is 0 Å². The van der Waals surface area contributed by atoms with E-state index in [1.807, 2.05) is 37.3 Å². The topological polar surface area (TPSA) is 38.7 Å². The first kappa shape index (κ1) is 13.3. The zero-order valence-corrected chi connectivity index (χ0v) is 12.4. The van der Waals surface area contributed by atoms with Crippen molar-refractivity contribution in [3.05, 3.63) is 59.0 Å². The molecule has 0 aliphatic heterocycles. The number of pyridine rings is 1. The molecule has 1 aromatic carbocycles. The minimum absolute atomic E-state index is 0.514. The molecule has 0 saturated heterocycles. The van der Waals surface area contributed by atoms with Crippen molar-refractivity contribution < 1.29 is 0 Å². The van der Waals surface area contributed by atoms with Gasteiger partial charge in [-0.2, -0.15) is 0 Å². The average molecular weight is 302 g/mol. The second kappa shape index (κ2) is 5.77. The van der Waals surface area contributed by atoms with Crippen LogP contribution in [0, 0.1) is 6.92 Å². The van der Waals surface area contributed by atoms with Crippen molar-refractivity contribution in [2.45, 2.75) is 17.7 Å². The number of hydrogen-bond acceptors (Lipinski definition) is 4. The summed E-state index contributed by atoms with van der Waals surface area (Å²) in [4.78, 5) is 13.3. The molecule has 0 atom stereocenters. The molecule has 20 heavy (non-hydrogen) atoms. The van der Waals surface area contributed by atoms with Crippen molar-refractivity contribution in [2.24, 2.45) is 0 Å². The maximum atomic E-state index is 5.78. The van der Waals surface area contributed by atoms with Crippen LogP contribution < -0.4 is 0 Å². The quantitative estimate of drug-likeness (QED) is 0.534. The number of para-hydroxylation sites is 2. The Morgan fingerprint density at radius 1 is 1.05 bits per heavy atom. The normalized spacial score (nSPS) is 10.9. The molecule has 0 spiro atoms. The lowest BCUT2D eigenvalue weighted by atomic mass is 10.3. The Hall–Kier alpha value is -1.65. The van der Waals surface area contributed by atoms with Crippen LogP contribution in [0.3, 0.4) is 0 Å². The summed E-state index contributed by atoms with van der Waals surface area (Å²) >= 11 is 7.44. The van der Waals surface area contributed by atoms with Crippen LogP contribution in [-0.2, 0) is 5.75 Å². The molecule has 2 heterocycles. The summed E-state index contributed by atoms with van der Waals surface area (Å²) < 4.78 is 0. The van der Waals surface area contributed by atoms with Crippen molar-refractivity contribution in [3.63, 3.8) is 0 Å². The minimum Gasteiger partial charge on any atom is -0.249 e. The predicted octanol–water partition coefficient (Wildman–Crippen LogP) is 4.28. The number of benzene rings is 1. The lowest BCUT2D eigenvalue weighted by Gasteiger charge is -2.06. The Labute approximate surface area is 126 Å². The van der Waals surface area contributed by atoms with Gasteiger partial charge < -0.3 is 0 Å². The first-order chi connectivity index (χ1) is 9.72. The van der Waals surface area contributed by atoms with E-state index in [4.69, 9.17) is 11.6 Å². The SMILES string of the molecule is Cc1nc2ccccc2nc1SCc1ccc(Cl)nc1. The van der Waals surface area contributed by atoms with Gasteiger partial charge in [0.2, 0.25) is 0 Å². The van der Waals surface area contributed by atoms with Gasteiger partial charge in [0.25, 0.3) is 0 Å². The number of rotatable bonds is 3. The number of nitrogens with zero attached hydrogens (tertiary/aromatic N) is 3. The molecule has 0 aliphatic rings. The molecule has 0 aliphatic carbocycles. The Bertz CT molecular complexity index is 744. The van der Waals surface area contributed by atoms with E-state index in [1.165, 1.54) is 0 Å². The van der Waals surface area contributed by atoms with Crippen LogP contribution in [0.2, 0.25) is 5.15 Å². The van der Waals surface area contributed by atoms with Gasteiger partial charge in [0.05, 0.1) is 16.7 Å². The number of halogens is 1. The highest BCUT2D eigenvalue weighted by atomic mass is 35.5. The van der Waals surface area contributed by atoms with E-state index in [0.717, 1.165) is 33.1 Å². The van der Waals surface area contributed by atoms with Crippen LogP contribution in [0.1, 0.15) is 11.3 Å².